The summed E-state index contributed by atoms with van der Waals surface area (Å²) in [5.41, 5.74) is 9.15. The van der Waals surface area contributed by atoms with Crippen LogP contribution in [0.5, 0.6) is 0 Å². The molecule has 2 aromatic rings. The van der Waals surface area contributed by atoms with E-state index in [2.05, 4.69) is 28.3 Å². The molecular formula is C18H22N4O. The summed E-state index contributed by atoms with van der Waals surface area (Å²) in [6, 6.07) is 5.67. The second kappa shape index (κ2) is 7.05. The summed E-state index contributed by atoms with van der Waals surface area (Å²) in [7, 11) is 0. The summed E-state index contributed by atoms with van der Waals surface area (Å²) in [6.45, 7) is 11.5. The molecule has 0 radical (unpaired) electrons. The number of Topliss-reactive ketones (excluding diaryl/α,β-unsaturated/α-hetero) is 1. The molecule has 0 bridgehead atoms. The number of aliphatic imine (C=N–C) groups is 1. The summed E-state index contributed by atoms with van der Waals surface area (Å²) in [5, 5.41) is 7.84. The summed E-state index contributed by atoms with van der Waals surface area (Å²) in [5.74, 6) is 0.535. The largest absolute Gasteiger partial charge is 0.383 e. The molecule has 1 aromatic carbocycles. The molecule has 1 atom stereocenters. The van der Waals surface area contributed by atoms with E-state index < -0.39 is 0 Å². The molecule has 0 aliphatic rings. The van der Waals surface area contributed by atoms with Crippen molar-refractivity contribution >= 4 is 28.2 Å². The molecule has 1 heterocycles. The van der Waals surface area contributed by atoms with E-state index in [1.165, 1.54) is 0 Å². The van der Waals surface area contributed by atoms with E-state index in [0.29, 0.717) is 17.8 Å². The van der Waals surface area contributed by atoms with Crippen molar-refractivity contribution in [1.29, 1.82) is 0 Å². The topological polar surface area (TPSA) is 84.1 Å². The van der Waals surface area contributed by atoms with E-state index in [4.69, 9.17) is 5.73 Å². The van der Waals surface area contributed by atoms with E-state index in [1.54, 1.807) is 13.1 Å². The first-order chi connectivity index (χ1) is 10.9. The fraction of sp³-hybridized carbons (Fsp3) is 0.278. The van der Waals surface area contributed by atoms with Gasteiger partial charge in [0.15, 0.2) is 0 Å². The number of nitrogens with two attached hydrogens (primary N) is 1. The lowest BCUT2D eigenvalue weighted by atomic mass is 9.95. The molecule has 5 nitrogen and oxygen atoms in total. The Kier molecular flexibility index (Phi) is 5.11. The van der Waals surface area contributed by atoms with E-state index in [0.717, 1.165) is 28.6 Å². The molecular weight excluding hydrogens is 288 g/mol. The first-order valence-corrected chi connectivity index (χ1v) is 7.53. The number of ketones is 1. The number of amidine groups is 1. The van der Waals surface area contributed by atoms with Crippen LogP contribution in [-0.4, -0.2) is 21.8 Å². The highest BCUT2D eigenvalue weighted by Crippen LogP contribution is 2.22. The molecule has 0 fully saturated rings. The monoisotopic (exact) mass is 310 g/mol. The van der Waals surface area contributed by atoms with Crippen molar-refractivity contribution in [3.8, 4) is 0 Å². The number of carbonyl (C=O) groups excluding carboxylic acids is 1. The highest BCUT2D eigenvalue weighted by molar-refractivity contribution is 6.02. The molecule has 0 aliphatic carbocycles. The molecule has 120 valence electrons. The van der Waals surface area contributed by atoms with Gasteiger partial charge in [0.1, 0.15) is 11.6 Å². The van der Waals surface area contributed by atoms with Crippen LogP contribution in [0.3, 0.4) is 0 Å². The van der Waals surface area contributed by atoms with Gasteiger partial charge in [-0.2, -0.15) is 5.10 Å². The maximum absolute atomic E-state index is 11.3. The Bertz CT molecular complexity index is 785. The van der Waals surface area contributed by atoms with Crippen molar-refractivity contribution in [3.05, 3.63) is 48.7 Å². The molecule has 0 saturated heterocycles. The molecule has 5 heteroatoms. The Labute approximate surface area is 136 Å². The van der Waals surface area contributed by atoms with Crippen LogP contribution in [0.1, 0.15) is 26.7 Å². The zero-order chi connectivity index (χ0) is 17.0. The van der Waals surface area contributed by atoms with Crippen molar-refractivity contribution in [1.82, 2.24) is 10.2 Å². The number of nitrogens with zero attached hydrogens (tertiary/aromatic N) is 2. The third-order valence-corrected chi connectivity index (χ3v) is 3.98. The average molecular weight is 310 g/mol. The van der Waals surface area contributed by atoms with Crippen molar-refractivity contribution < 1.29 is 4.79 Å². The standard InChI is InChI=1S/C18H22N4O/c1-11(5-6-12(2)14(4)23)13(3)18(19)21-16-7-8-17-15(9-16)10-20-22-17/h7-10,12H,1,3,5-6H2,2,4H3,(H2,19,21)(H,20,22). The number of fused-ring (bicyclic) bond motifs is 1. The molecule has 23 heavy (non-hydrogen) atoms. The minimum Gasteiger partial charge on any atom is -0.383 e. The zero-order valence-electron chi connectivity index (χ0n) is 13.6. The Hall–Kier alpha value is -2.69. The van der Waals surface area contributed by atoms with Crippen molar-refractivity contribution in [3.63, 3.8) is 0 Å². The average Bonchev–Trinajstić information content (AvgIpc) is 2.98. The molecule has 2 rings (SSSR count). The van der Waals surface area contributed by atoms with E-state index in [9.17, 15) is 4.79 Å². The molecule has 0 spiro atoms. The van der Waals surface area contributed by atoms with Crippen LogP contribution < -0.4 is 5.73 Å². The fourth-order valence-electron chi connectivity index (χ4n) is 2.13. The maximum atomic E-state index is 11.3. The molecule has 0 amide bonds. The lowest BCUT2D eigenvalue weighted by Gasteiger charge is -2.11. The van der Waals surface area contributed by atoms with Gasteiger partial charge in [-0.05, 0) is 43.5 Å². The Morgan fingerprint density at radius 1 is 1.43 bits per heavy atom. The number of hydrogen-bond acceptors (Lipinski definition) is 3. The Balaban J connectivity index is 2.05. The van der Waals surface area contributed by atoms with Crippen LogP contribution in [0.15, 0.2) is 53.7 Å². The smallest absolute Gasteiger partial charge is 0.132 e. The van der Waals surface area contributed by atoms with Gasteiger partial charge in [0.2, 0.25) is 0 Å². The first-order valence-electron chi connectivity index (χ1n) is 7.53. The van der Waals surface area contributed by atoms with Gasteiger partial charge < -0.3 is 5.73 Å². The van der Waals surface area contributed by atoms with Crippen LogP contribution in [0.4, 0.5) is 5.69 Å². The highest BCUT2D eigenvalue weighted by atomic mass is 16.1. The number of H-pyrrole nitrogens is 1. The Morgan fingerprint density at radius 2 is 2.17 bits per heavy atom. The van der Waals surface area contributed by atoms with Gasteiger partial charge in [-0.1, -0.05) is 20.1 Å². The lowest BCUT2D eigenvalue weighted by molar-refractivity contribution is -0.120. The highest BCUT2D eigenvalue weighted by Gasteiger charge is 2.11. The second-order valence-corrected chi connectivity index (χ2v) is 5.77. The molecule has 1 unspecified atom stereocenters. The molecule has 3 N–H and O–H groups in total. The summed E-state index contributed by atoms with van der Waals surface area (Å²) in [6.07, 6.45) is 3.15. The molecule has 1 aromatic heterocycles. The van der Waals surface area contributed by atoms with E-state index in [1.807, 2.05) is 25.1 Å². The first kappa shape index (κ1) is 16.7. The predicted octanol–water partition coefficient (Wildman–Crippen LogP) is 3.67. The summed E-state index contributed by atoms with van der Waals surface area (Å²) in [4.78, 5) is 15.7. The van der Waals surface area contributed by atoms with Crippen LogP contribution in [0.2, 0.25) is 0 Å². The number of nitrogens with one attached hydrogen (secondary N) is 1. The Morgan fingerprint density at radius 3 is 2.87 bits per heavy atom. The van der Waals surface area contributed by atoms with Gasteiger partial charge in [-0.25, -0.2) is 4.99 Å². The predicted molar refractivity (Wildman–Crippen MR) is 94.7 cm³/mol. The van der Waals surface area contributed by atoms with Crippen LogP contribution >= 0.6 is 0 Å². The maximum Gasteiger partial charge on any atom is 0.132 e. The van der Waals surface area contributed by atoms with Gasteiger partial charge in [0, 0.05) is 16.9 Å². The number of aromatic amines is 1. The second-order valence-electron chi connectivity index (χ2n) is 5.77. The minimum absolute atomic E-state index is 0.0150. The van der Waals surface area contributed by atoms with Crippen molar-refractivity contribution in [2.24, 2.45) is 16.6 Å². The third kappa shape index (κ3) is 4.16. The third-order valence-electron chi connectivity index (χ3n) is 3.98. The van der Waals surface area contributed by atoms with E-state index >= 15 is 0 Å². The lowest BCUT2D eigenvalue weighted by Crippen LogP contribution is -2.16. The number of benzene rings is 1. The number of carbonyl (C=O) groups is 1. The van der Waals surface area contributed by atoms with Crippen molar-refractivity contribution in [2.45, 2.75) is 26.7 Å². The van der Waals surface area contributed by atoms with E-state index in [-0.39, 0.29) is 11.7 Å². The minimum atomic E-state index is 0.0150. The van der Waals surface area contributed by atoms with Gasteiger partial charge in [0.05, 0.1) is 17.4 Å². The van der Waals surface area contributed by atoms with Crippen LogP contribution in [0, 0.1) is 5.92 Å². The summed E-state index contributed by atoms with van der Waals surface area (Å²) < 4.78 is 0. The number of rotatable bonds is 7. The SMILES string of the molecule is C=C(CCC(C)C(C)=O)C(=C)C(N)=Nc1ccc2[nH]ncc2c1. The van der Waals surface area contributed by atoms with Gasteiger partial charge in [-0.3, -0.25) is 9.89 Å². The number of hydrogen-bond donors (Lipinski definition) is 2. The number of aromatic nitrogens is 2. The zero-order valence-corrected chi connectivity index (χ0v) is 13.6. The normalized spacial score (nSPS) is 13.0. The molecule has 0 saturated carbocycles. The van der Waals surface area contributed by atoms with Gasteiger partial charge in [-0.15, -0.1) is 0 Å². The van der Waals surface area contributed by atoms with Crippen LogP contribution in [0.25, 0.3) is 10.9 Å². The van der Waals surface area contributed by atoms with Gasteiger partial charge >= 0.3 is 0 Å². The van der Waals surface area contributed by atoms with Crippen LogP contribution in [-0.2, 0) is 4.79 Å². The van der Waals surface area contributed by atoms with Crippen molar-refractivity contribution in [2.75, 3.05) is 0 Å². The quantitative estimate of drug-likeness (QED) is 0.465. The molecule has 0 aliphatic heterocycles. The van der Waals surface area contributed by atoms with Gasteiger partial charge in [0.25, 0.3) is 0 Å². The fourth-order valence-corrected chi connectivity index (χ4v) is 2.13. The summed E-state index contributed by atoms with van der Waals surface area (Å²) >= 11 is 0.